The van der Waals surface area contributed by atoms with Gasteiger partial charge in [-0.05, 0) is 44.2 Å². The molecule has 4 nitrogen and oxygen atoms in total. The third-order valence-electron chi connectivity index (χ3n) is 3.16. The Balaban J connectivity index is 2.21. The molecule has 0 aromatic carbocycles. The average Bonchev–Trinajstić information content (AvgIpc) is 3.12. The van der Waals surface area contributed by atoms with Gasteiger partial charge in [-0.25, -0.2) is 4.98 Å². The second-order valence-electron chi connectivity index (χ2n) is 4.69. The molecule has 1 saturated carbocycles. The Bertz CT molecular complexity index is 391. The van der Waals surface area contributed by atoms with Crippen LogP contribution in [-0.2, 0) is 4.74 Å². The molecule has 1 aliphatic carbocycles. The van der Waals surface area contributed by atoms with Crippen LogP contribution in [0, 0.1) is 12.8 Å². The van der Waals surface area contributed by atoms with E-state index in [4.69, 9.17) is 10.5 Å². The molecule has 1 aliphatic rings. The SMILES string of the molecule is CCOC(C1CC1)C(O)c1cc(C)cnc1N. The molecule has 2 atom stereocenters. The zero-order valence-corrected chi connectivity index (χ0v) is 10.4. The highest BCUT2D eigenvalue weighted by Gasteiger charge is 2.38. The number of anilines is 1. The van der Waals surface area contributed by atoms with Crippen LogP contribution in [0.25, 0.3) is 0 Å². The van der Waals surface area contributed by atoms with Crippen molar-refractivity contribution in [3.8, 4) is 0 Å². The molecule has 2 rings (SSSR count). The second kappa shape index (κ2) is 5.02. The molecule has 1 fully saturated rings. The van der Waals surface area contributed by atoms with Gasteiger partial charge in [0.05, 0.1) is 6.10 Å². The van der Waals surface area contributed by atoms with Crippen molar-refractivity contribution in [1.82, 2.24) is 4.98 Å². The molecule has 3 N–H and O–H groups in total. The highest BCUT2D eigenvalue weighted by molar-refractivity contribution is 5.42. The minimum Gasteiger partial charge on any atom is -0.386 e. The summed E-state index contributed by atoms with van der Waals surface area (Å²) in [7, 11) is 0. The summed E-state index contributed by atoms with van der Waals surface area (Å²) in [5.74, 6) is 0.860. The Morgan fingerprint density at radius 2 is 2.29 bits per heavy atom. The average molecular weight is 236 g/mol. The fourth-order valence-corrected chi connectivity index (χ4v) is 2.12. The summed E-state index contributed by atoms with van der Waals surface area (Å²) in [5.41, 5.74) is 7.51. The van der Waals surface area contributed by atoms with Crippen LogP contribution in [0.4, 0.5) is 5.82 Å². The van der Waals surface area contributed by atoms with Crippen molar-refractivity contribution in [3.05, 3.63) is 23.4 Å². The normalized spacial score (nSPS) is 19.0. The number of hydrogen-bond acceptors (Lipinski definition) is 4. The summed E-state index contributed by atoms with van der Waals surface area (Å²) in [6, 6.07) is 1.89. The Hall–Kier alpha value is -1.13. The minimum atomic E-state index is -0.671. The molecule has 0 saturated heterocycles. The number of aliphatic hydroxyl groups is 1. The first kappa shape index (κ1) is 12.3. The van der Waals surface area contributed by atoms with Crippen LogP contribution in [0.15, 0.2) is 12.3 Å². The summed E-state index contributed by atoms with van der Waals surface area (Å²) in [4.78, 5) is 4.08. The molecule has 1 aromatic rings. The topological polar surface area (TPSA) is 68.4 Å². The molecule has 17 heavy (non-hydrogen) atoms. The standard InChI is InChI=1S/C13H20N2O2/c1-3-17-12(9-4-5-9)11(16)10-6-8(2)7-15-13(10)14/h6-7,9,11-12,16H,3-5H2,1-2H3,(H2,14,15). The number of aromatic nitrogens is 1. The minimum absolute atomic E-state index is 0.147. The lowest BCUT2D eigenvalue weighted by molar-refractivity contribution is -0.0460. The van der Waals surface area contributed by atoms with Crippen molar-refractivity contribution in [2.24, 2.45) is 5.92 Å². The monoisotopic (exact) mass is 236 g/mol. The number of nitrogen functional groups attached to an aromatic ring is 1. The summed E-state index contributed by atoms with van der Waals surface area (Å²) in [6.45, 7) is 4.49. The van der Waals surface area contributed by atoms with Gasteiger partial charge in [0.25, 0.3) is 0 Å². The van der Waals surface area contributed by atoms with E-state index in [2.05, 4.69) is 4.98 Å². The number of ether oxygens (including phenoxy) is 1. The number of pyridine rings is 1. The van der Waals surface area contributed by atoms with Gasteiger partial charge in [-0.1, -0.05) is 0 Å². The third-order valence-corrected chi connectivity index (χ3v) is 3.16. The van der Waals surface area contributed by atoms with Gasteiger partial charge in [-0.15, -0.1) is 0 Å². The summed E-state index contributed by atoms with van der Waals surface area (Å²) >= 11 is 0. The molecule has 0 radical (unpaired) electrons. The number of nitrogens with zero attached hydrogens (tertiary/aromatic N) is 1. The molecular weight excluding hydrogens is 216 g/mol. The molecule has 0 aliphatic heterocycles. The summed E-state index contributed by atoms with van der Waals surface area (Å²) in [5, 5.41) is 10.4. The van der Waals surface area contributed by atoms with E-state index in [-0.39, 0.29) is 6.10 Å². The lowest BCUT2D eigenvalue weighted by Crippen LogP contribution is -2.25. The number of hydrogen-bond donors (Lipinski definition) is 2. The van der Waals surface area contributed by atoms with Gasteiger partial charge < -0.3 is 15.6 Å². The van der Waals surface area contributed by atoms with Gasteiger partial charge in [0.2, 0.25) is 0 Å². The molecule has 1 aromatic heterocycles. The van der Waals surface area contributed by atoms with Gasteiger partial charge in [0, 0.05) is 18.4 Å². The Morgan fingerprint density at radius 3 is 2.88 bits per heavy atom. The predicted octanol–water partition coefficient (Wildman–Crippen LogP) is 1.82. The molecule has 0 amide bonds. The van der Waals surface area contributed by atoms with Crippen molar-refractivity contribution in [3.63, 3.8) is 0 Å². The van der Waals surface area contributed by atoms with Crippen molar-refractivity contribution in [2.45, 2.75) is 38.9 Å². The number of aryl methyl sites for hydroxylation is 1. The van der Waals surface area contributed by atoms with Crippen molar-refractivity contribution in [2.75, 3.05) is 12.3 Å². The molecular formula is C13H20N2O2. The Labute approximate surface area is 102 Å². The first-order valence-electron chi connectivity index (χ1n) is 6.15. The van der Waals surface area contributed by atoms with E-state index in [1.165, 1.54) is 0 Å². The predicted molar refractivity (Wildman–Crippen MR) is 66.5 cm³/mol. The van der Waals surface area contributed by atoms with Crippen molar-refractivity contribution in [1.29, 1.82) is 0 Å². The summed E-state index contributed by atoms with van der Waals surface area (Å²) in [6.07, 6.45) is 3.14. The first-order valence-corrected chi connectivity index (χ1v) is 6.15. The zero-order chi connectivity index (χ0) is 12.4. The van der Waals surface area contributed by atoms with E-state index in [1.807, 2.05) is 19.9 Å². The van der Waals surface area contributed by atoms with E-state index in [0.29, 0.717) is 23.9 Å². The second-order valence-corrected chi connectivity index (χ2v) is 4.69. The highest BCUT2D eigenvalue weighted by Crippen LogP contribution is 2.40. The van der Waals surface area contributed by atoms with Crippen molar-refractivity contribution >= 4 is 5.82 Å². The van der Waals surface area contributed by atoms with E-state index < -0.39 is 6.10 Å². The van der Waals surface area contributed by atoms with Crippen molar-refractivity contribution < 1.29 is 9.84 Å². The number of aliphatic hydroxyl groups excluding tert-OH is 1. The lowest BCUT2D eigenvalue weighted by atomic mass is 10.0. The van der Waals surface area contributed by atoms with Gasteiger partial charge in [0.1, 0.15) is 11.9 Å². The number of rotatable bonds is 5. The zero-order valence-electron chi connectivity index (χ0n) is 10.4. The smallest absolute Gasteiger partial charge is 0.129 e. The molecule has 0 bridgehead atoms. The van der Waals surface area contributed by atoms with Crippen LogP contribution < -0.4 is 5.73 Å². The van der Waals surface area contributed by atoms with Crippen LogP contribution in [0.3, 0.4) is 0 Å². The quantitative estimate of drug-likeness (QED) is 0.818. The third kappa shape index (κ3) is 2.76. The molecule has 94 valence electrons. The highest BCUT2D eigenvalue weighted by atomic mass is 16.5. The van der Waals surface area contributed by atoms with Gasteiger partial charge in [-0.3, -0.25) is 0 Å². The molecule has 0 spiro atoms. The van der Waals surface area contributed by atoms with E-state index in [1.54, 1.807) is 6.20 Å². The molecule has 1 heterocycles. The molecule has 4 heteroatoms. The lowest BCUT2D eigenvalue weighted by Gasteiger charge is -2.23. The largest absolute Gasteiger partial charge is 0.386 e. The first-order chi connectivity index (χ1) is 8.13. The fraction of sp³-hybridized carbons (Fsp3) is 0.615. The number of nitrogens with two attached hydrogens (primary N) is 1. The molecule has 2 unspecified atom stereocenters. The van der Waals surface area contributed by atoms with Crippen LogP contribution >= 0.6 is 0 Å². The van der Waals surface area contributed by atoms with Crippen LogP contribution in [-0.4, -0.2) is 22.8 Å². The Morgan fingerprint density at radius 1 is 1.59 bits per heavy atom. The van der Waals surface area contributed by atoms with E-state index in [9.17, 15) is 5.11 Å². The fourth-order valence-electron chi connectivity index (χ4n) is 2.12. The van der Waals surface area contributed by atoms with Gasteiger partial charge in [-0.2, -0.15) is 0 Å². The van der Waals surface area contributed by atoms with E-state index >= 15 is 0 Å². The van der Waals surface area contributed by atoms with E-state index in [0.717, 1.165) is 18.4 Å². The summed E-state index contributed by atoms with van der Waals surface area (Å²) < 4.78 is 5.64. The van der Waals surface area contributed by atoms with Gasteiger partial charge >= 0.3 is 0 Å². The van der Waals surface area contributed by atoms with Crippen LogP contribution in [0.1, 0.15) is 37.0 Å². The maximum atomic E-state index is 10.4. The van der Waals surface area contributed by atoms with Crippen LogP contribution in [0.5, 0.6) is 0 Å². The van der Waals surface area contributed by atoms with Crippen LogP contribution in [0.2, 0.25) is 0 Å². The maximum Gasteiger partial charge on any atom is 0.129 e. The van der Waals surface area contributed by atoms with Gasteiger partial charge in [0.15, 0.2) is 0 Å². The Kier molecular flexibility index (Phi) is 3.64. The maximum absolute atomic E-state index is 10.4.